The summed E-state index contributed by atoms with van der Waals surface area (Å²) in [6.45, 7) is 11.9. The third-order valence-corrected chi connectivity index (χ3v) is 12.4. The average Bonchev–Trinajstić information content (AvgIpc) is 2.46. The number of hydrogen-bond donors (Lipinski definition) is 0. The van der Waals surface area contributed by atoms with E-state index in [1.54, 1.807) is 20.2 Å². The first-order valence-electron chi connectivity index (χ1n) is 8.25. The number of rotatable bonds is 11. The molecular formula is C17H34O2Sn. The fraction of sp³-hybridized carbons (Fsp3) is 0.824. The van der Waals surface area contributed by atoms with Gasteiger partial charge in [-0.05, 0) is 12.0 Å². The van der Waals surface area contributed by atoms with Crippen LogP contribution in [0.2, 0.25) is 13.3 Å². The normalized spacial score (nSPS) is 9.60. The fourth-order valence-electron chi connectivity index (χ4n) is 1.80. The summed E-state index contributed by atoms with van der Waals surface area (Å²) in [4.78, 5) is 9.72. The Bertz CT molecular complexity index is 220. The molecule has 0 aromatic rings. The molecule has 2 nitrogen and oxygen atoms in total. The molecule has 0 unspecified atom stereocenters. The summed E-state index contributed by atoms with van der Waals surface area (Å²) in [6.07, 6.45) is 9.31. The van der Waals surface area contributed by atoms with Gasteiger partial charge in [-0.2, -0.15) is 0 Å². The van der Waals surface area contributed by atoms with Crippen LogP contribution in [0.15, 0.2) is 12.2 Å². The van der Waals surface area contributed by atoms with Crippen molar-refractivity contribution in [3.05, 3.63) is 12.2 Å². The molecule has 0 aromatic heterocycles. The molecule has 20 heavy (non-hydrogen) atoms. The molecule has 0 atom stereocenters. The van der Waals surface area contributed by atoms with Crippen molar-refractivity contribution in [2.24, 2.45) is 0 Å². The van der Waals surface area contributed by atoms with E-state index in [4.69, 9.17) is 0 Å². The van der Waals surface area contributed by atoms with Gasteiger partial charge in [0.1, 0.15) is 0 Å². The molecule has 0 spiro atoms. The van der Waals surface area contributed by atoms with Gasteiger partial charge in [0.25, 0.3) is 0 Å². The Labute approximate surface area is 133 Å². The van der Waals surface area contributed by atoms with Crippen LogP contribution in [0.25, 0.3) is 0 Å². The minimum absolute atomic E-state index is 0.153. The molecule has 3 heteroatoms. The number of hydrogen-bond acceptors (Lipinski definition) is 2. The van der Waals surface area contributed by atoms with Crippen molar-refractivity contribution in [3.63, 3.8) is 0 Å². The Balaban J connectivity index is 0. The molecule has 0 aliphatic heterocycles. The first-order valence-corrected chi connectivity index (χ1v) is 14.3. The van der Waals surface area contributed by atoms with Gasteiger partial charge < -0.3 is 9.90 Å². The predicted octanol–water partition coefficient (Wildman–Crippen LogP) is 4.58. The van der Waals surface area contributed by atoms with E-state index < -0.39 is 25.7 Å². The summed E-state index contributed by atoms with van der Waals surface area (Å²) in [6, 6.07) is 0. The average molecular weight is 389 g/mol. The van der Waals surface area contributed by atoms with Gasteiger partial charge in [0, 0.05) is 0 Å². The fourth-order valence-corrected chi connectivity index (χ4v) is 11.2. The molecule has 0 aliphatic rings. The van der Waals surface area contributed by atoms with Crippen LogP contribution in [0.4, 0.5) is 0 Å². The first-order chi connectivity index (χ1) is 9.53. The molecule has 0 rings (SSSR count). The summed E-state index contributed by atoms with van der Waals surface area (Å²) in [5.74, 6) is -1.15. The maximum atomic E-state index is 9.72. The van der Waals surface area contributed by atoms with Gasteiger partial charge in [0.2, 0.25) is 0 Å². The second-order valence-electron chi connectivity index (χ2n) is 5.31. The standard InChI is InChI=1S/C5H8O2.3C4H9.Sn/c1-3-4(2)5(6)7;3*1-3-4-2;/h2-3H2,1H3,(H,6,7);3*1,3-4H2,2H3;/q;;;;+1/p-1. The van der Waals surface area contributed by atoms with Crippen LogP contribution in [-0.2, 0) is 4.79 Å². The van der Waals surface area contributed by atoms with Crippen LogP contribution in [-0.4, -0.2) is 25.7 Å². The summed E-state index contributed by atoms with van der Waals surface area (Å²) < 4.78 is 5.04. The van der Waals surface area contributed by atoms with E-state index in [9.17, 15) is 9.90 Å². The first kappa shape index (κ1) is 22.3. The van der Waals surface area contributed by atoms with E-state index in [0.717, 1.165) is 0 Å². The van der Waals surface area contributed by atoms with Crippen molar-refractivity contribution in [3.8, 4) is 0 Å². The van der Waals surface area contributed by atoms with Crippen molar-refractivity contribution in [2.45, 2.75) is 86.0 Å². The summed E-state index contributed by atoms with van der Waals surface area (Å²) in [5.41, 5.74) is 0.153. The van der Waals surface area contributed by atoms with Crippen molar-refractivity contribution < 1.29 is 9.90 Å². The third kappa shape index (κ3) is 16.1. The Kier molecular flexibility index (Phi) is 19.0. The van der Waals surface area contributed by atoms with E-state index in [0.29, 0.717) is 6.42 Å². The zero-order valence-electron chi connectivity index (χ0n) is 14.1. The molecule has 0 aliphatic carbocycles. The topological polar surface area (TPSA) is 40.1 Å². The van der Waals surface area contributed by atoms with Gasteiger partial charge in [-0.15, -0.1) is 0 Å². The molecule has 0 saturated carbocycles. The Morgan fingerprint density at radius 1 is 0.900 bits per heavy atom. The second kappa shape index (κ2) is 17.1. The summed E-state index contributed by atoms with van der Waals surface area (Å²) in [7, 11) is 0. The van der Waals surface area contributed by atoms with Crippen LogP contribution in [0, 0.1) is 0 Å². The maximum absolute atomic E-state index is 9.72. The summed E-state index contributed by atoms with van der Waals surface area (Å²) in [5, 5.41) is 9.72. The van der Waals surface area contributed by atoms with Crippen LogP contribution in [0.1, 0.15) is 72.6 Å². The molecule has 0 saturated heterocycles. The van der Waals surface area contributed by atoms with Crippen molar-refractivity contribution >= 4 is 25.7 Å². The number of carbonyl (C=O) groups is 1. The third-order valence-electron chi connectivity index (χ3n) is 3.37. The number of carboxylic acids is 1. The van der Waals surface area contributed by atoms with E-state index in [-0.39, 0.29) is 5.57 Å². The van der Waals surface area contributed by atoms with Crippen molar-refractivity contribution in [2.75, 3.05) is 0 Å². The van der Waals surface area contributed by atoms with Crippen molar-refractivity contribution in [1.82, 2.24) is 0 Å². The van der Waals surface area contributed by atoms with Gasteiger partial charge in [-0.3, -0.25) is 0 Å². The number of carboxylic acid groups (broad SMARTS) is 1. The molecule has 0 bridgehead atoms. The van der Waals surface area contributed by atoms with Crippen molar-refractivity contribution in [1.29, 1.82) is 0 Å². The van der Waals surface area contributed by atoms with Gasteiger partial charge in [0.15, 0.2) is 0 Å². The van der Waals surface area contributed by atoms with Crippen LogP contribution >= 0.6 is 0 Å². The van der Waals surface area contributed by atoms with E-state index in [1.165, 1.54) is 38.5 Å². The number of carbonyl (C=O) groups excluding carboxylic acids is 1. The van der Waals surface area contributed by atoms with Gasteiger partial charge in [-0.1, -0.05) is 13.5 Å². The molecular weight excluding hydrogens is 355 g/mol. The van der Waals surface area contributed by atoms with Crippen LogP contribution in [0.3, 0.4) is 0 Å². The van der Waals surface area contributed by atoms with Gasteiger partial charge in [0.05, 0.1) is 5.97 Å². The van der Waals surface area contributed by atoms with E-state index in [2.05, 4.69) is 27.4 Å². The predicted molar refractivity (Wildman–Crippen MR) is 89.3 cm³/mol. The van der Waals surface area contributed by atoms with E-state index >= 15 is 0 Å². The molecule has 0 radical (unpaired) electrons. The summed E-state index contributed by atoms with van der Waals surface area (Å²) >= 11 is -0.839. The zero-order valence-corrected chi connectivity index (χ0v) is 16.9. The zero-order chi connectivity index (χ0) is 15.8. The minimum atomic E-state index is -1.15. The monoisotopic (exact) mass is 390 g/mol. The SMILES string of the molecule is C=C(CC)C(=O)[O-].CCC[CH2][Sn+]([CH2]CCC)[CH2]CCC. The van der Waals surface area contributed by atoms with E-state index in [1.807, 2.05) is 0 Å². The molecule has 0 fully saturated rings. The van der Waals surface area contributed by atoms with Gasteiger partial charge >= 0.3 is 92.4 Å². The Hall–Kier alpha value is 0.00870. The second-order valence-corrected chi connectivity index (χ2v) is 13.9. The van der Waals surface area contributed by atoms with Crippen LogP contribution in [0.5, 0.6) is 0 Å². The Morgan fingerprint density at radius 3 is 1.40 bits per heavy atom. The quantitative estimate of drug-likeness (QED) is 0.383. The van der Waals surface area contributed by atoms with Crippen LogP contribution < -0.4 is 5.11 Å². The molecule has 0 amide bonds. The number of unbranched alkanes of at least 4 members (excludes halogenated alkanes) is 3. The molecule has 118 valence electrons. The molecule has 0 N–H and O–H groups in total. The molecule has 0 heterocycles. The Morgan fingerprint density at radius 2 is 1.25 bits per heavy atom. The number of aliphatic carboxylic acids is 1. The molecule has 0 aromatic carbocycles. The van der Waals surface area contributed by atoms with Gasteiger partial charge in [-0.25, -0.2) is 0 Å².